The number of hydrogen-bond acceptors (Lipinski definition) is 4. The lowest BCUT2D eigenvalue weighted by molar-refractivity contribution is 0.415. The first kappa shape index (κ1) is 18.8. The molecular weight excluding hydrogens is 386 g/mol. The third kappa shape index (κ3) is 4.07. The van der Waals surface area contributed by atoms with E-state index in [0.29, 0.717) is 0 Å². The van der Waals surface area contributed by atoms with Crippen LogP contribution in [0.1, 0.15) is 0 Å². The predicted octanol–water partition coefficient (Wildman–Crippen LogP) is 6.77. The van der Waals surface area contributed by atoms with Crippen molar-refractivity contribution in [3.8, 4) is 28.5 Å². The number of hydrogen-bond donors (Lipinski definition) is 2. The van der Waals surface area contributed by atoms with E-state index in [2.05, 4.69) is 27.4 Å². The first-order chi connectivity index (χ1) is 15.3. The second-order valence-corrected chi connectivity index (χ2v) is 7.10. The fraction of sp³-hybridized carbons (Fsp3) is 0.0385. The Hall–Kier alpha value is -4.25. The van der Waals surface area contributed by atoms with E-state index in [-0.39, 0.29) is 0 Å². The molecule has 0 spiro atoms. The summed E-state index contributed by atoms with van der Waals surface area (Å²) >= 11 is 0. The summed E-state index contributed by atoms with van der Waals surface area (Å²) in [6, 6.07) is 29.6. The minimum Gasteiger partial charge on any atom is -0.497 e. The Kier molecular flexibility index (Phi) is 4.99. The van der Waals surface area contributed by atoms with Crippen molar-refractivity contribution in [2.75, 3.05) is 12.4 Å². The van der Waals surface area contributed by atoms with Crippen LogP contribution in [0.3, 0.4) is 0 Å². The largest absolute Gasteiger partial charge is 0.497 e. The number of para-hydroxylation sites is 1. The van der Waals surface area contributed by atoms with Crippen molar-refractivity contribution in [3.05, 3.63) is 97.2 Å². The van der Waals surface area contributed by atoms with Crippen molar-refractivity contribution in [1.82, 2.24) is 9.97 Å². The Bertz CT molecular complexity index is 1310. The van der Waals surface area contributed by atoms with Crippen LogP contribution in [0.4, 0.5) is 11.5 Å². The molecule has 152 valence electrons. The highest BCUT2D eigenvalue weighted by molar-refractivity contribution is 5.95. The van der Waals surface area contributed by atoms with E-state index >= 15 is 0 Å². The third-order valence-electron chi connectivity index (χ3n) is 5.02. The number of nitrogens with one attached hydrogen (secondary N) is 2. The Morgan fingerprint density at radius 1 is 0.774 bits per heavy atom. The van der Waals surface area contributed by atoms with Crippen molar-refractivity contribution < 1.29 is 9.47 Å². The van der Waals surface area contributed by atoms with E-state index in [0.717, 1.165) is 50.9 Å². The first-order valence-corrected chi connectivity index (χ1v) is 10.0. The summed E-state index contributed by atoms with van der Waals surface area (Å²) in [7, 11) is 1.67. The summed E-state index contributed by atoms with van der Waals surface area (Å²) in [6.45, 7) is 0. The third-order valence-corrected chi connectivity index (χ3v) is 5.02. The zero-order valence-corrected chi connectivity index (χ0v) is 17.0. The maximum Gasteiger partial charge on any atom is 0.139 e. The van der Waals surface area contributed by atoms with Gasteiger partial charge in [0.05, 0.1) is 12.6 Å². The minimum atomic E-state index is 0.782. The van der Waals surface area contributed by atoms with E-state index in [1.54, 1.807) is 13.3 Å². The molecule has 0 radical (unpaired) electrons. The molecule has 0 saturated carbocycles. The molecule has 3 aromatic carbocycles. The molecule has 0 aliphatic heterocycles. The molecule has 0 aliphatic carbocycles. The molecule has 0 aliphatic rings. The van der Waals surface area contributed by atoms with Gasteiger partial charge in [0.1, 0.15) is 23.1 Å². The Morgan fingerprint density at radius 3 is 2.35 bits per heavy atom. The average molecular weight is 407 g/mol. The summed E-state index contributed by atoms with van der Waals surface area (Å²) in [5, 5.41) is 4.43. The highest BCUT2D eigenvalue weighted by atomic mass is 16.5. The molecule has 5 rings (SSSR count). The molecule has 0 fully saturated rings. The molecule has 5 aromatic rings. The number of ether oxygens (including phenoxy) is 2. The van der Waals surface area contributed by atoms with Crippen LogP contribution in [-0.2, 0) is 0 Å². The van der Waals surface area contributed by atoms with Gasteiger partial charge < -0.3 is 19.8 Å². The van der Waals surface area contributed by atoms with Crippen LogP contribution < -0.4 is 14.8 Å². The predicted molar refractivity (Wildman–Crippen MR) is 124 cm³/mol. The summed E-state index contributed by atoms with van der Waals surface area (Å²) in [4.78, 5) is 8.02. The SMILES string of the molecule is COc1cccc(-c2cc3c(Nc4ccc(Oc5ccccc5)cc4)nccc3[nH]2)c1. The van der Waals surface area contributed by atoms with Crippen molar-refractivity contribution in [3.63, 3.8) is 0 Å². The fourth-order valence-electron chi connectivity index (χ4n) is 3.47. The lowest BCUT2D eigenvalue weighted by Gasteiger charge is -2.09. The number of fused-ring (bicyclic) bond motifs is 1. The second kappa shape index (κ2) is 8.24. The quantitative estimate of drug-likeness (QED) is 0.326. The highest BCUT2D eigenvalue weighted by Gasteiger charge is 2.09. The number of aromatic amines is 1. The number of H-pyrrole nitrogens is 1. The zero-order valence-electron chi connectivity index (χ0n) is 17.0. The summed E-state index contributed by atoms with van der Waals surface area (Å²) in [5.74, 6) is 3.21. The Labute approximate surface area is 180 Å². The van der Waals surface area contributed by atoms with Crippen LogP contribution in [0.25, 0.3) is 22.2 Å². The second-order valence-electron chi connectivity index (χ2n) is 7.10. The molecule has 2 heterocycles. The lowest BCUT2D eigenvalue weighted by Crippen LogP contribution is -1.93. The van der Waals surface area contributed by atoms with Gasteiger partial charge in [-0.05, 0) is 60.7 Å². The van der Waals surface area contributed by atoms with Gasteiger partial charge in [-0.25, -0.2) is 4.98 Å². The van der Waals surface area contributed by atoms with Crippen LogP contribution in [0.5, 0.6) is 17.2 Å². The van der Waals surface area contributed by atoms with E-state index in [1.165, 1.54) is 0 Å². The number of aromatic nitrogens is 2. The normalized spacial score (nSPS) is 10.7. The van der Waals surface area contributed by atoms with E-state index in [4.69, 9.17) is 9.47 Å². The fourth-order valence-corrected chi connectivity index (χ4v) is 3.47. The molecule has 0 bridgehead atoms. The number of rotatable bonds is 6. The minimum absolute atomic E-state index is 0.782. The van der Waals surface area contributed by atoms with Gasteiger partial charge in [-0.15, -0.1) is 0 Å². The van der Waals surface area contributed by atoms with Crippen molar-refractivity contribution >= 4 is 22.4 Å². The van der Waals surface area contributed by atoms with Crippen molar-refractivity contribution in [2.24, 2.45) is 0 Å². The molecule has 0 saturated heterocycles. The number of nitrogens with zero attached hydrogens (tertiary/aromatic N) is 1. The molecule has 0 atom stereocenters. The van der Waals surface area contributed by atoms with E-state index in [9.17, 15) is 0 Å². The summed E-state index contributed by atoms with van der Waals surface area (Å²) in [5.41, 5.74) is 4.02. The van der Waals surface area contributed by atoms with Gasteiger partial charge in [0.15, 0.2) is 0 Å². The lowest BCUT2D eigenvalue weighted by atomic mass is 10.1. The van der Waals surface area contributed by atoms with Gasteiger partial charge >= 0.3 is 0 Å². The van der Waals surface area contributed by atoms with Gasteiger partial charge in [-0.1, -0.05) is 30.3 Å². The Balaban J connectivity index is 1.39. The molecule has 5 heteroatoms. The van der Waals surface area contributed by atoms with Crippen LogP contribution in [0.15, 0.2) is 97.2 Å². The highest BCUT2D eigenvalue weighted by Crippen LogP contribution is 2.31. The molecule has 5 nitrogen and oxygen atoms in total. The van der Waals surface area contributed by atoms with Crippen LogP contribution in [-0.4, -0.2) is 17.1 Å². The zero-order chi connectivity index (χ0) is 21.0. The maximum atomic E-state index is 5.87. The number of methoxy groups -OCH3 is 1. The molecule has 2 aromatic heterocycles. The molecule has 31 heavy (non-hydrogen) atoms. The van der Waals surface area contributed by atoms with E-state index in [1.807, 2.05) is 78.9 Å². The smallest absolute Gasteiger partial charge is 0.139 e. The van der Waals surface area contributed by atoms with Crippen LogP contribution in [0.2, 0.25) is 0 Å². The van der Waals surface area contributed by atoms with Gasteiger partial charge in [-0.2, -0.15) is 0 Å². The molecule has 2 N–H and O–H groups in total. The van der Waals surface area contributed by atoms with Gasteiger partial charge in [-0.3, -0.25) is 0 Å². The number of anilines is 2. The standard InChI is InChI=1S/C26H21N3O2/c1-30-22-9-5-6-18(16-22)25-17-23-24(29-25)14-15-27-26(23)28-19-10-12-21(13-11-19)31-20-7-3-2-4-8-20/h2-17,29H,1H3,(H,27,28). The van der Waals surface area contributed by atoms with Crippen molar-refractivity contribution in [2.45, 2.75) is 0 Å². The van der Waals surface area contributed by atoms with Gasteiger partial charge in [0, 0.05) is 28.5 Å². The van der Waals surface area contributed by atoms with Crippen molar-refractivity contribution in [1.29, 1.82) is 0 Å². The Morgan fingerprint density at radius 2 is 1.55 bits per heavy atom. The molecule has 0 amide bonds. The van der Waals surface area contributed by atoms with Crippen LogP contribution >= 0.6 is 0 Å². The molecular formula is C26H21N3O2. The average Bonchev–Trinajstić information content (AvgIpc) is 3.27. The van der Waals surface area contributed by atoms with Crippen LogP contribution in [0, 0.1) is 0 Å². The monoisotopic (exact) mass is 407 g/mol. The first-order valence-electron chi connectivity index (χ1n) is 10.0. The summed E-state index contributed by atoms with van der Waals surface area (Å²) < 4.78 is 11.2. The topological polar surface area (TPSA) is 59.2 Å². The number of benzene rings is 3. The van der Waals surface area contributed by atoms with Gasteiger partial charge in [0.25, 0.3) is 0 Å². The van der Waals surface area contributed by atoms with Gasteiger partial charge in [0.2, 0.25) is 0 Å². The van der Waals surface area contributed by atoms with E-state index < -0.39 is 0 Å². The maximum absolute atomic E-state index is 5.87. The number of pyridine rings is 1. The summed E-state index contributed by atoms with van der Waals surface area (Å²) in [6.07, 6.45) is 1.80. The molecule has 0 unspecified atom stereocenters.